The van der Waals surface area contributed by atoms with E-state index >= 15 is 0 Å². The number of nitro groups is 1. The molecule has 1 aromatic carbocycles. The molecule has 88 valence electrons. The molecule has 0 saturated heterocycles. The van der Waals surface area contributed by atoms with E-state index in [2.05, 4.69) is 26.1 Å². The maximum Gasteiger partial charge on any atom is 0.272 e. The van der Waals surface area contributed by atoms with E-state index in [0.29, 0.717) is 5.56 Å². The second-order valence-electron chi connectivity index (χ2n) is 5.17. The number of rotatable bonds is 3. The van der Waals surface area contributed by atoms with Crippen molar-refractivity contribution >= 4 is 11.4 Å². The van der Waals surface area contributed by atoms with E-state index in [9.17, 15) is 10.1 Å². The van der Waals surface area contributed by atoms with Crippen LogP contribution in [0.25, 0.3) is 0 Å². The molecule has 4 nitrogen and oxygen atoms in total. The Kier molecular flexibility index (Phi) is 3.52. The fourth-order valence-corrected chi connectivity index (χ4v) is 1.34. The van der Waals surface area contributed by atoms with Gasteiger partial charge in [0.1, 0.15) is 0 Å². The van der Waals surface area contributed by atoms with Crippen LogP contribution in [0, 0.1) is 22.5 Å². The molecule has 0 bridgehead atoms. The maximum absolute atomic E-state index is 10.6. The fraction of sp³-hybridized carbons (Fsp3) is 0.500. The SMILES string of the molecule is Cc1cc(NCC(C)(C)C)ccc1[N+](=O)[O-]. The summed E-state index contributed by atoms with van der Waals surface area (Å²) in [5, 5.41) is 13.9. The number of anilines is 1. The topological polar surface area (TPSA) is 55.2 Å². The summed E-state index contributed by atoms with van der Waals surface area (Å²) >= 11 is 0. The van der Waals surface area contributed by atoms with Gasteiger partial charge in [-0.2, -0.15) is 0 Å². The van der Waals surface area contributed by atoms with Crippen LogP contribution in [0.1, 0.15) is 26.3 Å². The molecule has 0 aliphatic rings. The molecule has 0 amide bonds. The minimum absolute atomic E-state index is 0.168. The van der Waals surface area contributed by atoms with E-state index in [0.717, 1.165) is 12.2 Å². The number of hydrogen-bond donors (Lipinski definition) is 1. The van der Waals surface area contributed by atoms with Gasteiger partial charge in [-0.15, -0.1) is 0 Å². The average Bonchev–Trinajstić information content (AvgIpc) is 2.13. The molecular formula is C12H18N2O2. The normalized spacial score (nSPS) is 11.2. The van der Waals surface area contributed by atoms with Gasteiger partial charge in [0.15, 0.2) is 0 Å². The lowest BCUT2D eigenvalue weighted by Crippen LogP contribution is -2.19. The van der Waals surface area contributed by atoms with Crippen LogP contribution in [0.15, 0.2) is 18.2 Å². The molecule has 0 radical (unpaired) electrons. The van der Waals surface area contributed by atoms with Crippen LogP contribution in [0.4, 0.5) is 11.4 Å². The maximum atomic E-state index is 10.6. The molecule has 0 saturated carbocycles. The van der Waals surface area contributed by atoms with Crippen molar-refractivity contribution in [2.75, 3.05) is 11.9 Å². The summed E-state index contributed by atoms with van der Waals surface area (Å²) < 4.78 is 0. The Morgan fingerprint density at radius 3 is 2.44 bits per heavy atom. The van der Waals surface area contributed by atoms with Crippen molar-refractivity contribution in [3.05, 3.63) is 33.9 Å². The second-order valence-corrected chi connectivity index (χ2v) is 5.17. The van der Waals surface area contributed by atoms with Gasteiger partial charge in [-0.3, -0.25) is 10.1 Å². The molecule has 0 unspecified atom stereocenters. The summed E-state index contributed by atoms with van der Waals surface area (Å²) in [6.45, 7) is 9.00. The van der Waals surface area contributed by atoms with E-state index in [1.54, 1.807) is 19.1 Å². The third kappa shape index (κ3) is 3.53. The molecule has 0 aliphatic heterocycles. The number of hydrogen-bond acceptors (Lipinski definition) is 3. The Balaban J connectivity index is 2.78. The lowest BCUT2D eigenvalue weighted by Gasteiger charge is -2.19. The van der Waals surface area contributed by atoms with Crippen LogP contribution in [-0.4, -0.2) is 11.5 Å². The first kappa shape index (κ1) is 12.5. The molecule has 0 fully saturated rings. The summed E-state index contributed by atoms with van der Waals surface area (Å²) in [4.78, 5) is 10.3. The second kappa shape index (κ2) is 4.51. The minimum atomic E-state index is -0.358. The molecule has 16 heavy (non-hydrogen) atoms. The van der Waals surface area contributed by atoms with Crippen LogP contribution in [-0.2, 0) is 0 Å². The molecule has 0 spiro atoms. The largest absolute Gasteiger partial charge is 0.385 e. The van der Waals surface area contributed by atoms with Crippen LogP contribution >= 0.6 is 0 Å². The van der Waals surface area contributed by atoms with Crippen molar-refractivity contribution < 1.29 is 4.92 Å². The van der Waals surface area contributed by atoms with Crippen molar-refractivity contribution in [1.29, 1.82) is 0 Å². The third-order valence-electron chi connectivity index (χ3n) is 2.22. The molecule has 4 heteroatoms. The van der Waals surface area contributed by atoms with Gasteiger partial charge in [-0.25, -0.2) is 0 Å². The van der Waals surface area contributed by atoms with E-state index in [4.69, 9.17) is 0 Å². The number of benzene rings is 1. The van der Waals surface area contributed by atoms with Crippen molar-refractivity contribution in [1.82, 2.24) is 0 Å². The van der Waals surface area contributed by atoms with E-state index in [-0.39, 0.29) is 16.0 Å². The van der Waals surface area contributed by atoms with Crippen molar-refractivity contribution in [2.45, 2.75) is 27.7 Å². The summed E-state index contributed by atoms with van der Waals surface area (Å²) in [6.07, 6.45) is 0. The van der Waals surface area contributed by atoms with Crippen LogP contribution in [0.3, 0.4) is 0 Å². The van der Waals surface area contributed by atoms with Crippen molar-refractivity contribution in [3.63, 3.8) is 0 Å². The number of nitrogens with one attached hydrogen (secondary N) is 1. The molecular weight excluding hydrogens is 204 g/mol. The molecule has 0 heterocycles. The lowest BCUT2D eigenvalue weighted by molar-refractivity contribution is -0.385. The minimum Gasteiger partial charge on any atom is -0.385 e. The van der Waals surface area contributed by atoms with Gasteiger partial charge in [0.05, 0.1) is 4.92 Å². The molecule has 1 rings (SSSR count). The van der Waals surface area contributed by atoms with Gasteiger partial charge in [-0.1, -0.05) is 20.8 Å². The van der Waals surface area contributed by atoms with Crippen molar-refractivity contribution in [2.24, 2.45) is 5.41 Å². The lowest BCUT2D eigenvalue weighted by atomic mass is 9.97. The summed E-state index contributed by atoms with van der Waals surface area (Å²) in [5.74, 6) is 0. The number of nitro benzene ring substituents is 1. The highest BCUT2D eigenvalue weighted by Crippen LogP contribution is 2.22. The van der Waals surface area contributed by atoms with Crippen LogP contribution in [0.2, 0.25) is 0 Å². The highest BCUT2D eigenvalue weighted by molar-refractivity contribution is 5.53. The zero-order chi connectivity index (χ0) is 12.3. The first-order chi connectivity index (χ1) is 7.29. The predicted octanol–water partition coefficient (Wildman–Crippen LogP) is 3.36. The van der Waals surface area contributed by atoms with Gasteiger partial charge in [-0.05, 0) is 24.5 Å². The summed E-state index contributed by atoms with van der Waals surface area (Å²) in [5.41, 5.74) is 1.97. The Bertz CT molecular complexity index is 394. The predicted molar refractivity (Wildman–Crippen MR) is 65.8 cm³/mol. The Hall–Kier alpha value is -1.58. The average molecular weight is 222 g/mol. The standard InChI is InChI=1S/C12H18N2O2/c1-9-7-10(13-8-12(2,3)4)5-6-11(9)14(15)16/h5-7,13H,8H2,1-4H3. The summed E-state index contributed by atoms with van der Waals surface area (Å²) in [7, 11) is 0. The quantitative estimate of drug-likeness (QED) is 0.630. The smallest absolute Gasteiger partial charge is 0.272 e. The van der Waals surface area contributed by atoms with Gasteiger partial charge in [0.25, 0.3) is 5.69 Å². The first-order valence-electron chi connectivity index (χ1n) is 5.28. The monoisotopic (exact) mass is 222 g/mol. The molecule has 0 atom stereocenters. The zero-order valence-electron chi connectivity index (χ0n) is 10.2. The van der Waals surface area contributed by atoms with E-state index in [1.165, 1.54) is 0 Å². The number of nitrogens with zero attached hydrogens (tertiary/aromatic N) is 1. The highest BCUT2D eigenvalue weighted by atomic mass is 16.6. The van der Waals surface area contributed by atoms with Crippen molar-refractivity contribution in [3.8, 4) is 0 Å². The molecule has 1 aromatic rings. The Morgan fingerprint density at radius 2 is 2.00 bits per heavy atom. The first-order valence-corrected chi connectivity index (χ1v) is 5.28. The van der Waals surface area contributed by atoms with E-state index in [1.807, 2.05) is 6.07 Å². The summed E-state index contributed by atoms with van der Waals surface area (Å²) in [6, 6.07) is 5.10. The van der Waals surface area contributed by atoms with Crippen LogP contribution in [0.5, 0.6) is 0 Å². The third-order valence-corrected chi connectivity index (χ3v) is 2.22. The Morgan fingerprint density at radius 1 is 1.38 bits per heavy atom. The van der Waals surface area contributed by atoms with Gasteiger partial charge >= 0.3 is 0 Å². The van der Waals surface area contributed by atoms with Gasteiger partial charge < -0.3 is 5.32 Å². The molecule has 0 aliphatic carbocycles. The zero-order valence-corrected chi connectivity index (χ0v) is 10.2. The van der Waals surface area contributed by atoms with E-state index < -0.39 is 0 Å². The molecule has 1 N–H and O–H groups in total. The fourth-order valence-electron chi connectivity index (χ4n) is 1.34. The van der Waals surface area contributed by atoms with Crippen LogP contribution < -0.4 is 5.32 Å². The molecule has 0 aromatic heterocycles. The van der Waals surface area contributed by atoms with Gasteiger partial charge in [0, 0.05) is 23.9 Å². The number of aryl methyl sites for hydroxylation is 1. The van der Waals surface area contributed by atoms with Gasteiger partial charge in [0.2, 0.25) is 0 Å². The highest BCUT2D eigenvalue weighted by Gasteiger charge is 2.12. The Labute approximate surface area is 95.8 Å².